The van der Waals surface area contributed by atoms with Crippen molar-refractivity contribution in [2.75, 3.05) is 26.7 Å². The first-order valence-corrected chi connectivity index (χ1v) is 13.7. The molecule has 0 aromatic heterocycles. The lowest BCUT2D eigenvalue weighted by atomic mass is 10.0. The number of benzene rings is 2. The Labute approximate surface area is 214 Å². The van der Waals surface area contributed by atoms with Crippen molar-refractivity contribution in [3.05, 3.63) is 59.2 Å². The molecule has 0 radical (unpaired) electrons. The molecule has 0 aliphatic carbocycles. The van der Waals surface area contributed by atoms with Gasteiger partial charge in [-0.25, -0.2) is 8.42 Å². The molecule has 1 saturated heterocycles. The summed E-state index contributed by atoms with van der Waals surface area (Å²) in [5.74, 6) is 0.436. The number of rotatable bonds is 8. The highest BCUT2D eigenvalue weighted by atomic mass is 32.2. The molecule has 3 rings (SSSR count). The van der Waals surface area contributed by atoms with E-state index in [0.29, 0.717) is 11.7 Å². The average molecular weight is 516 g/mol. The Morgan fingerprint density at radius 2 is 1.69 bits per heavy atom. The molecule has 1 aliphatic rings. The largest absolute Gasteiger partial charge is 0.496 e. The standard InChI is InChI=1S/C27H37N3O5S/c1-18(2)22-9-7-21(8-10-22)16-28-27(32)25-17-29(20(5)31)13-14-30(25)36(33,34)23-11-12-26(35-6)24(15-23)19(3)4/h7-12,15,18-19,25H,13-14,16-17H2,1-6H3,(H,28,32)/t25-/m1/s1. The molecular formula is C27H37N3O5S. The minimum Gasteiger partial charge on any atom is -0.496 e. The molecule has 2 amide bonds. The van der Waals surface area contributed by atoms with Crippen LogP contribution in [0.15, 0.2) is 47.4 Å². The molecule has 9 heteroatoms. The number of ether oxygens (including phenoxy) is 1. The van der Waals surface area contributed by atoms with Gasteiger partial charge in [-0.15, -0.1) is 0 Å². The van der Waals surface area contributed by atoms with Crippen molar-refractivity contribution in [2.45, 2.75) is 63.9 Å². The van der Waals surface area contributed by atoms with E-state index in [9.17, 15) is 18.0 Å². The summed E-state index contributed by atoms with van der Waals surface area (Å²) in [4.78, 5) is 27.0. The molecule has 1 atom stereocenters. The second-order valence-corrected chi connectivity index (χ2v) is 11.7. The van der Waals surface area contributed by atoms with Crippen LogP contribution in [-0.4, -0.2) is 62.2 Å². The van der Waals surface area contributed by atoms with Crippen molar-refractivity contribution in [3.8, 4) is 5.75 Å². The third kappa shape index (κ3) is 6.07. The van der Waals surface area contributed by atoms with Gasteiger partial charge in [0.15, 0.2) is 0 Å². The highest BCUT2D eigenvalue weighted by Gasteiger charge is 2.41. The lowest BCUT2D eigenvalue weighted by molar-refractivity contribution is -0.134. The molecule has 1 N–H and O–H groups in total. The summed E-state index contributed by atoms with van der Waals surface area (Å²) in [5, 5.41) is 2.88. The predicted octanol–water partition coefficient (Wildman–Crippen LogP) is 3.48. The SMILES string of the molecule is COc1ccc(S(=O)(=O)N2CCN(C(C)=O)C[C@@H]2C(=O)NCc2ccc(C(C)C)cc2)cc1C(C)C. The number of hydrogen-bond donors (Lipinski definition) is 1. The molecule has 1 fully saturated rings. The van der Waals surface area contributed by atoms with Crippen LogP contribution in [0.4, 0.5) is 0 Å². The summed E-state index contributed by atoms with van der Waals surface area (Å²) >= 11 is 0. The maximum Gasteiger partial charge on any atom is 0.243 e. The van der Waals surface area contributed by atoms with Crippen LogP contribution >= 0.6 is 0 Å². The molecule has 0 saturated carbocycles. The number of hydrogen-bond acceptors (Lipinski definition) is 5. The van der Waals surface area contributed by atoms with Gasteiger partial charge in [0.2, 0.25) is 21.8 Å². The van der Waals surface area contributed by atoms with Gasteiger partial charge in [0.1, 0.15) is 11.8 Å². The number of nitrogens with zero attached hydrogens (tertiary/aromatic N) is 2. The molecule has 8 nitrogen and oxygen atoms in total. The van der Waals surface area contributed by atoms with E-state index in [1.54, 1.807) is 19.2 Å². The Balaban J connectivity index is 1.87. The van der Waals surface area contributed by atoms with E-state index < -0.39 is 22.0 Å². The third-order valence-corrected chi connectivity index (χ3v) is 8.53. The van der Waals surface area contributed by atoms with E-state index in [1.807, 2.05) is 38.1 Å². The van der Waals surface area contributed by atoms with Crippen LogP contribution < -0.4 is 10.1 Å². The summed E-state index contributed by atoms with van der Waals surface area (Å²) in [6, 6.07) is 11.7. The van der Waals surface area contributed by atoms with Gasteiger partial charge < -0.3 is 15.0 Å². The molecule has 2 aromatic rings. The topological polar surface area (TPSA) is 96.0 Å². The van der Waals surface area contributed by atoms with E-state index in [4.69, 9.17) is 4.74 Å². The minimum absolute atomic E-state index is 0.000123. The van der Waals surface area contributed by atoms with Crippen molar-refractivity contribution in [2.24, 2.45) is 0 Å². The molecule has 1 heterocycles. The quantitative estimate of drug-likeness (QED) is 0.581. The fourth-order valence-corrected chi connectivity index (χ4v) is 5.95. The van der Waals surface area contributed by atoms with Crippen molar-refractivity contribution in [3.63, 3.8) is 0 Å². The number of carbonyl (C=O) groups excluding carboxylic acids is 2. The van der Waals surface area contributed by atoms with E-state index in [0.717, 1.165) is 11.1 Å². The fraction of sp³-hybridized carbons (Fsp3) is 0.481. The Kier molecular flexibility index (Phi) is 8.79. The third-order valence-electron chi connectivity index (χ3n) is 6.62. The predicted molar refractivity (Wildman–Crippen MR) is 139 cm³/mol. The van der Waals surface area contributed by atoms with E-state index in [1.165, 1.54) is 27.8 Å². The van der Waals surface area contributed by atoms with Crippen LogP contribution in [0.2, 0.25) is 0 Å². The zero-order valence-electron chi connectivity index (χ0n) is 21.9. The summed E-state index contributed by atoms with van der Waals surface area (Å²) in [7, 11) is -2.46. The number of carbonyl (C=O) groups is 2. The first-order valence-electron chi connectivity index (χ1n) is 12.3. The molecule has 0 spiro atoms. The number of amides is 2. The highest BCUT2D eigenvalue weighted by molar-refractivity contribution is 7.89. The van der Waals surface area contributed by atoms with Crippen LogP contribution in [-0.2, 0) is 26.2 Å². The average Bonchev–Trinajstić information content (AvgIpc) is 2.86. The Bertz CT molecular complexity index is 1190. The van der Waals surface area contributed by atoms with Gasteiger partial charge in [-0.1, -0.05) is 52.0 Å². The number of sulfonamides is 1. The van der Waals surface area contributed by atoms with E-state index in [2.05, 4.69) is 19.2 Å². The van der Waals surface area contributed by atoms with Crippen LogP contribution in [0, 0.1) is 0 Å². The maximum absolute atomic E-state index is 13.7. The first-order chi connectivity index (χ1) is 16.9. The zero-order chi connectivity index (χ0) is 26.6. The number of nitrogens with one attached hydrogen (secondary N) is 1. The van der Waals surface area contributed by atoms with Gasteiger partial charge in [-0.3, -0.25) is 9.59 Å². The second kappa shape index (κ2) is 11.4. The summed E-state index contributed by atoms with van der Waals surface area (Å²) in [5.41, 5.74) is 2.89. The number of piperazine rings is 1. The van der Waals surface area contributed by atoms with Gasteiger partial charge >= 0.3 is 0 Å². The Morgan fingerprint density at radius 3 is 2.25 bits per heavy atom. The molecule has 1 aliphatic heterocycles. The van der Waals surface area contributed by atoms with Gasteiger partial charge in [0.05, 0.1) is 12.0 Å². The van der Waals surface area contributed by atoms with Crippen molar-refractivity contribution >= 4 is 21.8 Å². The zero-order valence-corrected chi connectivity index (χ0v) is 22.8. The fourth-order valence-electron chi connectivity index (χ4n) is 4.34. The van der Waals surface area contributed by atoms with Crippen LogP contribution in [0.3, 0.4) is 0 Å². The molecule has 196 valence electrons. The lowest BCUT2D eigenvalue weighted by Gasteiger charge is -2.39. The van der Waals surface area contributed by atoms with Gasteiger partial charge in [0, 0.05) is 33.1 Å². The second-order valence-electron chi connectivity index (χ2n) is 9.77. The first kappa shape index (κ1) is 27.7. The summed E-state index contributed by atoms with van der Waals surface area (Å²) in [6.45, 7) is 10.1. The van der Waals surface area contributed by atoms with E-state index in [-0.39, 0.29) is 42.9 Å². The summed E-state index contributed by atoms with van der Waals surface area (Å²) < 4.78 is 34.1. The van der Waals surface area contributed by atoms with Crippen molar-refractivity contribution in [1.29, 1.82) is 0 Å². The van der Waals surface area contributed by atoms with Crippen molar-refractivity contribution < 1.29 is 22.7 Å². The smallest absolute Gasteiger partial charge is 0.243 e. The molecule has 36 heavy (non-hydrogen) atoms. The van der Waals surface area contributed by atoms with Crippen molar-refractivity contribution in [1.82, 2.24) is 14.5 Å². The van der Waals surface area contributed by atoms with Crippen LogP contribution in [0.25, 0.3) is 0 Å². The van der Waals surface area contributed by atoms with Crippen LogP contribution in [0.1, 0.15) is 63.1 Å². The lowest BCUT2D eigenvalue weighted by Crippen LogP contribution is -2.61. The Morgan fingerprint density at radius 1 is 1.03 bits per heavy atom. The maximum atomic E-state index is 13.7. The summed E-state index contributed by atoms with van der Waals surface area (Å²) in [6.07, 6.45) is 0. The van der Waals surface area contributed by atoms with Gasteiger partial charge in [-0.05, 0) is 46.7 Å². The monoisotopic (exact) mass is 515 g/mol. The molecule has 0 unspecified atom stereocenters. The minimum atomic E-state index is -4.01. The highest BCUT2D eigenvalue weighted by Crippen LogP contribution is 2.31. The van der Waals surface area contributed by atoms with Gasteiger partial charge in [-0.2, -0.15) is 4.31 Å². The number of methoxy groups -OCH3 is 1. The molecule has 2 aromatic carbocycles. The van der Waals surface area contributed by atoms with Gasteiger partial charge in [0.25, 0.3) is 0 Å². The van der Waals surface area contributed by atoms with E-state index >= 15 is 0 Å². The molecule has 0 bridgehead atoms. The normalized spacial score (nSPS) is 16.9. The Hall–Kier alpha value is -2.91. The van der Waals surface area contributed by atoms with Crippen LogP contribution in [0.5, 0.6) is 5.75 Å². The molecular weight excluding hydrogens is 478 g/mol.